The van der Waals surface area contributed by atoms with Gasteiger partial charge in [0.2, 0.25) is 11.8 Å². The van der Waals surface area contributed by atoms with E-state index in [0.717, 1.165) is 17.7 Å². The lowest BCUT2D eigenvalue weighted by Crippen LogP contribution is -2.54. The second-order valence-corrected chi connectivity index (χ2v) is 10.3. The van der Waals surface area contributed by atoms with Crippen molar-refractivity contribution in [2.75, 3.05) is 30.3 Å². The molecule has 1 aliphatic rings. The Labute approximate surface area is 198 Å². The highest BCUT2D eigenvalue weighted by molar-refractivity contribution is 7.84. The number of carbonyl (C=O) groups is 1. The molecule has 2 atom stereocenters. The molecule has 6 nitrogen and oxygen atoms in total. The van der Waals surface area contributed by atoms with Crippen LogP contribution in [0.25, 0.3) is 11.5 Å². The Morgan fingerprint density at radius 2 is 1.85 bits per heavy atom. The van der Waals surface area contributed by atoms with E-state index in [1.807, 2.05) is 43.0 Å². The fraction of sp³-hybridized carbons (Fsp3) is 0.385. The molecule has 0 radical (unpaired) electrons. The Bertz CT molecular complexity index is 1160. The van der Waals surface area contributed by atoms with Crippen LogP contribution < -0.4 is 4.90 Å². The van der Waals surface area contributed by atoms with Crippen LogP contribution in [0.15, 0.2) is 52.9 Å². The van der Waals surface area contributed by atoms with Crippen LogP contribution in [0.4, 0.5) is 5.69 Å². The third-order valence-corrected chi connectivity index (χ3v) is 7.25. The molecule has 0 spiro atoms. The van der Waals surface area contributed by atoms with Gasteiger partial charge in [0.15, 0.2) is 0 Å². The number of aryl methyl sites for hydroxylation is 3. The van der Waals surface area contributed by atoms with Crippen molar-refractivity contribution < 1.29 is 13.4 Å². The molecule has 33 heavy (non-hydrogen) atoms. The van der Waals surface area contributed by atoms with Crippen LogP contribution in [0, 0.1) is 20.8 Å². The monoisotopic (exact) mass is 465 g/mol. The van der Waals surface area contributed by atoms with Crippen molar-refractivity contribution in [3.63, 3.8) is 0 Å². The molecule has 1 aromatic heterocycles. The van der Waals surface area contributed by atoms with Crippen LogP contribution in [-0.2, 0) is 21.3 Å². The van der Waals surface area contributed by atoms with Crippen LogP contribution in [-0.4, -0.2) is 51.4 Å². The first-order valence-corrected chi connectivity index (χ1v) is 12.8. The van der Waals surface area contributed by atoms with Gasteiger partial charge in [0.1, 0.15) is 11.5 Å². The van der Waals surface area contributed by atoms with Crippen molar-refractivity contribution in [1.82, 2.24) is 9.88 Å². The van der Waals surface area contributed by atoms with Crippen molar-refractivity contribution in [1.29, 1.82) is 0 Å². The first kappa shape index (κ1) is 23.2. The number of nitrogens with zero attached hydrogens (tertiary/aromatic N) is 3. The van der Waals surface area contributed by atoms with Gasteiger partial charge in [0, 0.05) is 47.7 Å². The summed E-state index contributed by atoms with van der Waals surface area (Å²) in [6.45, 7) is 10.1. The molecule has 0 N–H and O–H groups in total. The molecule has 1 aliphatic heterocycles. The maximum absolute atomic E-state index is 12.9. The molecule has 0 aliphatic carbocycles. The Hall–Kier alpha value is -2.93. The minimum absolute atomic E-state index is 0.00330. The van der Waals surface area contributed by atoms with E-state index in [0.29, 0.717) is 30.4 Å². The summed E-state index contributed by atoms with van der Waals surface area (Å²) >= 11 is 0. The first-order chi connectivity index (χ1) is 15.8. The molecule has 2 aromatic carbocycles. The van der Waals surface area contributed by atoms with E-state index in [2.05, 4.69) is 48.0 Å². The van der Waals surface area contributed by atoms with Crippen LogP contribution in [0.5, 0.6) is 0 Å². The molecule has 174 valence electrons. The third kappa shape index (κ3) is 5.53. The van der Waals surface area contributed by atoms with Gasteiger partial charge >= 0.3 is 0 Å². The molecule has 1 saturated heterocycles. The standard InChI is InChI=1S/C26H31N3O3S/c1-18-8-10-22(11-9-18)26-27-24(21(4)32-26)16-33(31)17-25(30)28-12-13-29(20(3)15-28)23-7-5-6-19(2)14-23/h5-11,14,20H,12-13,15-17H2,1-4H3/t20-,33-/m1/s1. The minimum Gasteiger partial charge on any atom is -0.441 e. The number of anilines is 1. The van der Waals surface area contributed by atoms with Gasteiger partial charge in [0.25, 0.3) is 0 Å². The summed E-state index contributed by atoms with van der Waals surface area (Å²) in [5.74, 6) is 1.32. The third-order valence-electron chi connectivity index (χ3n) is 6.09. The Balaban J connectivity index is 1.34. The molecule has 2 heterocycles. The number of oxazole rings is 1. The van der Waals surface area contributed by atoms with Crippen LogP contribution in [0.3, 0.4) is 0 Å². The predicted octanol–water partition coefficient (Wildman–Crippen LogP) is 4.25. The normalized spacial score (nSPS) is 17.3. The number of aromatic nitrogens is 1. The summed E-state index contributed by atoms with van der Waals surface area (Å²) in [7, 11) is -1.35. The second kappa shape index (κ2) is 9.91. The quantitative estimate of drug-likeness (QED) is 0.544. The molecule has 0 bridgehead atoms. The number of piperazine rings is 1. The molecule has 0 saturated carbocycles. The van der Waals surface area contributed by atoms with E-state index in [-0.39, 0.29) is 23.5 Å². The SMILES string of the molecule is Cc1ccc(-c2nc(C[S@@](=O)CC(=O)N3CCN(c4cccc(C)c4)[C@H](C)C3)c(C)o2)cc1. The number of rotatable bonds is 6. The molecule has 0 unspecified atom stereocenters. The summed E-state index contributed by atoms with van der Waals surface area (Å²) in [6.07, 6.45) is 0. The molecular weight excluding hydrogens is 434 g/mol. The van der Waals surface area contributed by atoms with Crippen LogP contribution >= 0.6 is 0 Å². The summed E-state index contributed by atoms with van der Waals surface area (Å²) in [5.41, 5.74) is 5.11. The highest BCUT2D eigenvalue weighted by atomic mass is 32.2. The average molecular weight is 466 g/mol. The molecular formula is C26H31N3O3S. The van der Waals surface area contributed by atoms with E-state index < -0.39 is 10.8 Å². The van der Waals surface area contributed by atoms with E-state index in [1.165, 1.54) is 11.3 Å². The zero-order valence-electron chi connectivity index (χ0n) is 19.7. The van der Waals surface area contributed by atoms with Crippen molar-refractivity contribution >= 4 is 22.4 Å². The van der Waals surface area contributed by atoms with Crippen molar-refractivity contribution in [3.05, 3.63) is 71.1 Å². The van der Waals surface area contributed by atoms with Gasteiger partial charge in [-0.3, -0.25) is 9.00 Å². The van der Waals surface area contributed by atoms with Crippen molar-refractivity contribution in [2.24, 2.45) is 0 Å². The Morgan fingerprint density at radius 3 is 2.55 bits per heavy atom. The largest absolute Gasteiger partial charge is 0.441 e. The number of hydrogen-bond donors (Lipinski definition) is 0. The van der Waals surface area contributed by atoms with Gasteiger partial charge in [-0.15, -0.1) is 0 Å². The average Bonchev–Trinajstić information content (AvgIpc) is 3.14. The van der Waals surface area contributed by atoms with Gasteiger partial charge in [-0.1, -0.05) is 29.8 Å². The van der Waals surface area contributed by atoms with Crippen LogP contribution in [0.1, 0.15) is 29.5 Å². The lowest BCUT2D eigenvalue weighted by Gasteiger charge is -2.41. The summed E-state index contributed by atoms with van der Waals surface area (Å²) in [4.78, 5) is 21.6. The molecule has 7 heteroatoms. The Kier molecular flexibility index (Phi) is 6.98. The lowest BCUT2D eigenvalue weighted by molar-refractivity contribution is -0.129. The van der Waals surface area contributed by atoms with Crippen molar-refractivity contribution in [2.45, 2.75) is 39.5 Å². The van der Waals surface area contributed by atoms with E-state index >= 15 is 0 Å². The fourth-order valence-corrected chi connectivity index (χ4v) is 5.32. The fourth-order valence-electron chi connectivity index (χ4n) is 4.19. The minimum atomic E-state index is -1.35. The number of hydrogen-bond acceptors (Lipinski definition) is 5. The smallest absolute Gasteiger partial charge is 0.235 e. The Morgan fingerprint density at radius 1 is 1.09 bits per heavy atom. The summed E-state index contributed by atoms with van der Waals surface area (Å²) in [6, 6.07) is 16.6. The zero-order valence-corrected chi connectivity index (χ0v) is 20.5. The topological polar surface area (TPSA) is 66.7 Å². The van der Waals surface area contributed by atoms with Gasteiger partial charge < -0.3 is 14.2 Å². The summed E-state index contributed by atoms with van der Waals surface area (Å²) in [5, 5.41) is 0. The predicted molar refractivity (Wildman–Crippen MR) is 133 cm³/mol. The maximum Gasteiger partial charge on any atom is 0.235 e. The molecule has 4 rings (SSSR count). The number of benzene rings is 2. The van der Waals surface area contributed by atoms with E-state index in [1.54, 1.807) is 0 Å². The second-order valence-electron chi connectivity index (χ2n) is 8.84. The van der Waals surface area contributed by atoms with Gasteiger partial charge in [-0.05, 0) is 57.5 Å². The highest BCUT2D eigenvalue weighted by Gasteiger charge is 2.28. The first-order valence-electron chi connectivity index (χ1n) is 11.3. The van der Waals surface area contributed by atoms with E-state index in [4.69, 9.17) is 4.42 Å². The summed E-state index contributed by atoms with van der Waals surface area (Å²) < 4.78 is 18.6. The zero-order chi connectivity index (χ0) is 23.5. The number of carbonyl (C=O) groups excluding carboxylic acids is 1. The number of amides is 1. The lowest BCUT2D eigenvalue weighted by atomic mass is 10.1. The van der Waals surface area contributed by atoms with E-state index in [9.17, 15) is 9.00 Å². The highest BCUT2D eigenvalue weighted by Crippen LogP contribution is 2.24. The molecule has 3 aromatic rings. The molecule has 1 amide bonds. The van der Waals surface area contributed by atoms with Gasteiger partial charge in [0.05, 0.1) is 11.4 Å². The van der Waals surface area contributed by atoms with Crippen LogP contribution in [0.2, 0.25) is 0 Å². The van der Waals surface area contributed by atoms with Crippen molar-refractivity contribution in [3.8, 4) is 11.5 Å². The molecule has 1 fully saturated rings. The van der Waals surface area contributed by atoms with Gasteiger partial charge in [-0.25, -0.2) is 4.98 Å². The maximum atomic E-state index is 12.9. The van der Waals surface area contributed by atoms with Gasteiger partial charge in [-0.2, -0.15) is 0 Å².